The predicted molar refractivity (Wildman–Crippen MR) is 196 cm³/mol. The number of hydrogen-bond donors (Lipinski definition) is 0. The van der Waals surface area contributed by atoms with Gasteiger partial charge >= 0.3 is 0 Å². The molecule has 1 saturated carbocycles. The molecule has 1 aliphatic heterocycles. The lowest BCUT2D eigenvalue weighted by molar-refractivity contribution is 0.191. The summed E-state index contributed by atoms with van der Waals surface area (Å²) < 4.78 is 4.89. The van der Waals surface area contributed by atoms with Gasteiger partial charge in [0.05, 0.1) is 44.7 Å². The van der Waals surface area contributed by atoms with E-state index in [-0.39, 0.29) is 11.0 Å². The van der Waals surface area contributed by atoms with Crippen LogP contribution in [0.4, 0.5) is 11.4 Å². The van der Waals surface area contributed by atoms with E-state index in [1.54, 1.807) is 0 Å². The Bertz CT molecular complexity index is 2520. The number of aromatic nitrogens is 3. The highest BCUT2D eigenvalue weighted by Crippen LogP contribution is 2.60. The van der Waals surface area contributed by atoms with Crippen LogP contribution in [0.15, 0.2) is 134 Å². The zero-order valence-electron chi connectivity index (χ0n) is 26.8. The van der Waals surface area contributed by atoms with Crippen LogP contribution in [0.3, 0.4) is 0 Å². The molecular weight excluding hydrogens is 573 g/mol. The molecule has 228 valence electrons. The van der Waals surface area contributed by atoms with Gasteiger partial charge in [-0.3, -0.25) is 4.98 Å². The first kappa shape index (κ1) is 26.8. The maximum absolute atomic E-state index is 5.02. The third-order valence-corrected chi connectivity index (χ3v) is 11.7. The van der Waals surface area contributed by atoms with Gasteiger partial charge in [0.2, 0.25) is 0 Å². The van der Waals surface area contributed by atoms with E-state index in [1.807, 2.05) is 6.20 Å². The molecule has 0 spiro atoms. The predicted octanol–water partition coefficient (Wildman–Crippen LogP) is 11.0. The minimum absolute atomic E-state index is 0.0212. The van der Waals surface area contributed by atoms with E-state index in [0.717, 1.165) is 6.42 Å². The smallest absolute Gasteiger partial charge is 0.0722 e. The number of hydrogen-bond acceptors (Lipinski definition) is 2. The molecule has 2 unspecified atom stereocenters. The molecule has 0 radical (unpaired) electrons. The molecule has 10 rings (SSSR count). The van der Waals surface area contributed by atoms with E-state index < -0.39 is 0 Å². The molecule has 4 nitrogen and oxygen atoms in total. The molecule has 4 heterocycles. The maximum Gasteiger partial charge on any atom is 0.0722 e. The molecule has 5 aromatic carbocycles. The van der Waals surface area contributed by atoms with Crippen molar-refractivity contribution in [2.24, 2.45) is 0 Å². The summed E-state index contributed by atoms with van der Waals surface area (Å²) in [6, 6.07) is 46.8. The number of fused-ring (bicyclic) bond motifs is 9. The average molecular weight is 609 g/mol. The number of anilines is 2. The Morgan fingerprint density at radius 1 is 0.532 bits per heavy atom. The topological polar surface area (TPSA) is 26.0 Å². The third kappa shape index (κ3) is 3.45. The molecule has 3 aromatic heterocycles. The van der Waals surface area contributed by atoms with E-state index in [9.17, 15) is 0 Å². The first-order chi connectivity index (χ1) is 23.1. The van der Waals surface area contributed by atoms with Gasteiger partial charge in [-0.25, -0.2) is 0 Å². The minimum Gasteiger partial charge on any atom is -0.333 e. The van der Waals surface area contributed by atoms with Crippen LogP contribution in [0.5, 0.6) is 0 Å². The molecule has 0 bridgehead atoms. The average Bonchev–Trinajstić information content (AvgIpc) is 3.70. The van der Waals surface area contributed by atoms with Gasteiger partial charge in [-0.15, -0.1) is 0 Å². The Hall–Kier alpha value is -5.35. The van der Waals surface area contributed by atoms with Crippen molar-refractivity contribution in [1.29, 1.82) is 0 Å². The molecule has 0 saturated heterocycles. The second kappa shape index (κ2) is 9.59. The third-order valence-electron chi connectivity index (χ3n) is 11.7. The Morgan fingerprint density at radius 2 is 1.21 bits per heavy atom. The molecule has 47 heavy (non-hydrogen) atoms. The van der Waals surface area contributed by atoms with Crippen molar-refractivity contribution in [2.45, 2.75) is 50.5 Å². The maximum atomic E-state index is 5.02. The Morgan fingerprint density at radius 3 is 2.06 bits per heavy atom. The first-order valence-corrected chi connectivity index (χ1v) is 17.0. The van der Waals surface area contributed by atoms with E-state index in [4.69, 9.17) is 4.98 Å². The molecule has 4 heteroatoms. The van der Waals surface area contributed by atoms with Gasteiger partial charge in [-0.05, 0) is 86.5 Å². The second-order valence-corrected chi connectivity index (χ2v) is 13.9. The highest BCUT2D eigenvalue weighted by molar-refractivity contribution is 6.16. The lowest BCUT2D eigenvalue weighted by Crippen LogP contribution is -2.54. The quantitative estimate of drug-likeness (QED) is 0.199. The van der Waals surface area contributed by atoms with Gasteiger partial charge in [0, 0.05) is 44.5 Å². The molecular formula is C43H36N4. The van der Waals surface area contributed by atoms with Crippen LogP contribution in [0.2, 0.25) is 0 Å². The fourth-order valence-electron chi connectivity index (χ4n) is 9.32. The van der Waals surface area contributed by atoms with E-state index in [2.05, 4.69) is 155 Å². The lowest BCUT2D eigenvalue weighted by Gasteiger charge is -2.49. The summed E-state index contributed by atoms with van der Waals surface area (Å²) in [4.78, 5) is 7.66. The van der Waals surface area contributed by atoms with E-state index in [1.165, 1.54) is 91.3 Å². The van der Waals surface area contributed by atoms with Crippen molar-refractivity contribution in [3.8, 4) is 11.4 Å². The number of para-hydroxylation sites is 3. The van der Waals surface area contributed by atoms with Gasteiger partial charge in [0.25, 0.3) is 0 Å². The van der Waals surface area contributed by atoms with Gasteiger partial charge in [0.1, 0.15) is 0 Å². The number of pyridine rings is 1. The van der Waals surface area contributed by atoms with Crippen molar-refractivity contribution in [3.63, 3.8) is 0 Å². The van der Waals surface area contributed by atoms with Gasteiger partial charge in [0.15, 0.2) is 0 Å². The molecule has 8 aromatic rings. The van der Waals surface area contributed by atoms with Crippen molar-refractivity contribution in [3.05, 3.63) is 139 Å². The van der Waals surface area contributed by atoms with Crippen LogP contribution in [-0.4, -0.2) is 19.7 Å². The molecule has 0 amide bonds. The lowest BCUT2D eigenvalue weighted by atomic mass is 9.63. The summed E-state index contributed by atoms with van der Waals surface area (Å²) in [5.41, 5.74) is 11.0. The van der Waals surface area contributed by atoms with Crippen LogP contribution in [0.1, 0.15) is 45.2 Å². The van der Waals surface area contributed by atoms with Crippen molar-refractivity contribution >= 4 is 55.0 Å². The summed E-state index contributed by atoms with van der Waals surface area (Å²) in [5.74, 6) is 0. The fourth-order valence-corrected chi connectivity index (χ4v) is 9.32. The normalized spacial score (nSPS) is 20.8. The van der Waals surface area contributed by atoms with Crippen LogP contribution in [-0.2, 0) is 5.41 Å². The molecule has 1 aliphatic carbocycles. The largest absolute Gasteiger partial charge is 0.333 e. The van der Waals surface area contributed by atoms with Gasteiger partial charge < -0.3 is 14.0 Å². The van der Waals surface area contributed by atoms with Crippen molar-refractivity contribution < 1.29 is 0 Å². The molecule has 0 N–H and O–H groups in total. The molecule has 2 aliphatic rings. The summed E-state index contributed by atoms with van der Waals surface area (Å²) >= 11 is 0. The summed E-state index contributed by atoms with van der Waals surface area (Å²) in [6.07, 6.45) is 6.82. The van der Waals surface area contributed by atoms with E-state index in [0.29, 0.717) is 0 Å². The Labute approximate surface area is 274 Å². The highest BCUT2D eigenvalue weighted by Gasteiger charge is 2.58. The van der Waals surface area contributed by atoms with Crippen molar-refractivity contribution in [1.82, 2.24) is 14.1 Å². The summed E-state index contributed by atoms with van der Waals surface area (Å²) in [6.45, 7) is 4.93. The minimum atomic E-state index is -0.0289. The van der Waals surface area contributed by atoms with Crippen LogP contribution >= 0.6 is 0 Å². The summed E-state index contributed by atoms with van der Waals surface area (Å²) in [7, 11) is 0. The van der Waals surface area contributed by atoms with Crippen LogP contribution < -0.4 is 4.90 Å². The first-order valence-electron chi connectivity index (χ1n) is 17.0. The SMILES string of the molecule is CC12CCCCC1(C)N(c1ccc3c(c1)c1ccccc1n3-c1cccc3c1c1ccccc1n3-c1ccccc1)c1cccnc12. The number of rotatable bonds is 3. The number of nitrogens with zero attached hydrogens (tertiary/aromatic N) is 4. The standard InChI is InChI=1S/C43H36N4/c1-42-25-10-11-26-43(42,2)47(39-22-13-27-44-41(39)42)30-23-24-36-33(28-30)31-16-6-8-18-34(31)46(36)38-21-12-20-37-40(38)32-17-7-9-19-35(32)45(37)29-14-4-3-5-15-29/h3-9,12-24,27-28H,10-11,25-26H2,1-2H3. The Balaban J connectivity index is 1.25. The van der Waals surface area contributed by atoms with Crippen LogP contribution in [0, 0.1) is 0 Å². The van der Waals surface area contributed by atoms with Crippen LogP contribution in [0.25, 0.3) is 55.0 Å². The summed E-state index contributed by atoms with van der Waals surface area (Å²) in [5, 5.41) is 5.08. The Kier molecular flexibility index (Phi) is 5.47. The van der Waals surface area contributed by atoms with Crippen molar-refractivity contribution in [2.75, 3.05) is 4.90 Å². The zero-order valence-corrected chi connectivity index (χ0v) is 26.8. The van der Waals surface area contributed by atoms with Gasteiger partial charge in [-0.1, -0.05) is 80.4 Å². The highest BCUT2D eigenvalue weighted by atomic mass is 15.3. The molecule has 1 fully saturated rings. The molecule has 2 atom stereocenters. The fraction of sp³-hybridized carbons (Fsp3) is 0.186. The zero-order chi connectivity index (χ0) is 31.3. The monoisotopic (exact) mass is 608 g/mol. The second-order valence-electron chi connectivity index (χ2n) is 13.9. The van der Waals surface area contributed by atoms with Gasteiger partial charge in [-0.2, -0.15) is 0 Å². The van der Waals surface area contributed by atoms with E-state index >= 15 is 0 Å². The number of benzene rings is 5.